The van der Waals surface area contributed by atoms with Gasteiger partial charge < -0.3 is 4.98 Å². The highest BCUT2D eigenvalue weighted by molar-refractivity contribution is 5.76. The maximum absolute atomic E-state index is 10.6. The van der Waals surface area contributed by atoms with E-state index in [4.69, 9.17) is 0 Å². The topological polar surface area (TPSA) is 32.9 Å². The van der Waals surface area contributed by atoms with E-state index < -0.39 is 0 Å². The Morgan fingerprint density at radius 3 is 3.08 bits per heavy atom. The summed E-state index contributed by atoms with van der Waals surface area (Å²) in [7, 11) is 0. The van der Waals surface area contributed by atoms with Crippen LogP contribution in [0.3, 0.4) is 0 Å². The van der Waals surface area contributed by atoms with Gasteiger partial charge in [-0.3, -0.25) is 4.79 Å². The van der Waals surface area contributed by atoms with Crippen LogP contribution in [-0.4, -0.2) is 11.3 Å². The normalized spacial score (nSPS) is 29.3. The van der Waals surface area contributed by atoms with Gasteiger partial charge in [-0.05, 0) is 18.3 Å². The van der Waals surface area contributed by atoms with Crippen LogP contribution in [0.4, 0.5) is 0 Å². The van der Waals surface area contributed by atoms with Gasteiger partial charge in [0.1, 0.15) is 0 Å². The number of rotatable bonds is 1. The fraction of sp³-hybridized carbons (Fsp3) is 0.300. The summed E-state index contributed by atoms with van der Waals surface area (Å²) in [6, 6.07) is 0. The molecule has 0 spiro atoms. The van der Waals surface area contributed by atoms with Crippen molar-refractivity contribution in [2.75, 3.05) is 0 Å². The van der Waals surface area contributed by atoms with Gasteiger partial charge in [-0.25, -0.2) is 0 Å². The first kappa shape index (κ1) is 6.23. The largest absolute Gasteiger partial charge is 0.361 e. The lowest BCUT2D eigenvalue weighted by molar-refractivity contribution is 0.112. The number of carbonyl (C=O) groups is 1. The Morgan fingerprint density at radius 1 is 1.42 bits per heavy atom. The number of aromatic nitrogens is 1. The van der Waals surface area contributed by atoms with Gasteiger partial charge in [0.2, 0.25) is 0 Å². The molecule has 1 fully saturated rings. The summed E-state index contributed by atoms with van der Waals surface area (Å²) in [6.45, 7) is 0. The summed E-state index contributed by atoms with van der Waals surface area (Å²) in [5.74, 6) is 1.46. The number of aromatic amines is 1. The zero-order chi connectivity index (χ0) is 8.13. The SMILES string of the molecule is O=Cc1c[nH]c2c1=C[C@@H]1CC1C=2. The van der Waals surface area contributed by atoms with E-state index >= 15 is 0 Å². The molecule has 1 heterocycles. The molecule has 0 aromatic carbocycles. The number of hydrogen-bond donors (Lipinski definition) is 1. The van der Waals surface area contributed by atoms with Gasteiger partial charge >= 0.3 is 0 Å². The summed E-state index contributed by atoms with van der Waals surface area (Å²) >= 11 is 0. The van der Waals surface area contributed by atoms with Crippen LogP contribution in [0.15, 0.2) is 6.20 Å². The van der Waals surface area contributed by atoms with E-state index in [9.17, 15) is 4.79 Å². The molecule has 1 aromatic heterocycles. The highest BCUT2D eigenvalue weighted by Gasteiger charge is 2.34. The van der Waals surface area contributed by atoms with Gasteiger partial charge in [0.05, 0.1) is 0 Å². The van der Waals surface area contributed by atoms with Crippen molar-refractivity contribution in [1.29, 1.82) is 0 Å². The summed E-state index contributed by atoms with van der Waals surface area (Å²) in [6.07, 6.45) is 8.44. The van der Waals surface area contributed by atoms with E-state index in [1.807, 2.05) is 0 Å². The van der Waals surface area contributed by atoms with E-state index in [1.165, 1.54) is 6.42 Å². The van der Waals surface area contributed by atoms with Gasteiger partial charge in [-0.1, -0.05) is 12.2 Å². The van der Waals surface area contributed by atoms with Crippen LogP contribution in [0, 0.1) is 11.8 Å². The third-order valence-electron chi connectivity index (χ3n) is 2.76. The van der Waals surface area contributed by atoms with E-state index in [0.717, 1.165) is 28.3 Å². The number of aldehydes is 1. The van der Waals surface area contributed by atoms with Crippen molar-refractivity contribution < 1.29 is 4.79 Å². The minimum Gasteiger partial charge on any atom is -0.361 e. The number of carbonyl (C=O) groups excluding carboxylic acids is 1. The zero-order valence-electron chi connectivity index (χ0n) is 6.58. The first-order chi connectivity index (χ1) is 5.88. The van der Waals surface area contributed by atoms with Crippen LogP contribution in [-0.2, 0) is 0 Å². The minimum atomic E-state index is 0.715. The Morgan fingerprint density at radius 2 is 2.25 bits per heavy atom. The van der Waals surface area contributed by atoms with Gasteiger partial charge in [-0.15, -0.1) is 0 Å². The third-order valence-corrected chi connectivity index (χ3v) is 2.76. The molecule has 0 amide bonds. The minimum absolute atomic E-state index is 0.715. The first-order valence-corrected chi connectivity index (χ1v) is 4.25. The molecule has 0 aliphatic heterocycles. The summed E-state index contributed by atoms with van der Waals surface area (Å²) < 4.78 is 0. The third kappa shape index (κ3) is 0.670. The number of hydrogen-bond acceptors (Lipinski definition) is 1. The van der Waals surface area contributed by atoms with E-state index in [0.29, 0.717) is 5.92 Å². The summed E-state index contributed by atoms with van der Waals surface area (Å²) in [5, 5.41) is 2.25. The number of nitrogens with one attached hydrogen (secondary N) is 1. The van der Waals surface area contributed by atoms with Crippen molar-refractivity contribution in [2.24, 2.45) is 11.8 Å². The van der Waals surface area contributed by atoms with Crippen molar-refractivity contribution in [2.45, 2.75) is 6.42 Å². The van der Waals surface area contributed by atoms with Gasteiger partial charge in [0.15, 0.2) is 6.29 Å². The molecule has 0 bridgehead atoms. The van der Waals surface area contributed by atoms with Crippen LogP contribution in [0.5, 0.6) is 0 Å². The number of H-pyrrole nitrogens is 1. The van der Waals surface area contributed by atoms with Crippen molar-refractivity contribution in [3.63, 3.8) is 0 Å². The van der Waals surface area contributed by atoms with Crippen LogP contribution in [0.25, 0.3) is 12.2 Å². The molecule has 2 aliphatic rings. The van der Waals surface area contributed by atoms with Crippen LogP contribution >= 0.6 is 0 Å². The van der Waals surface area contributed by atoms with Crippen LogP contribution in [0.1, 0.15) is 16.8 Å². The second-order valence-corrected chi connectivity index (χ2v) is 3.59. The average molecular weight is 159 g/mol. The second-order valence-electron chi connectivity index (χ2n) is 3.59. The molecule has 2 heteroatoms. The Labute approximate surface area is 69.6 Å². The maximum Gasteiger partial charge on any atom is 0.152 e. The van der Waals surface area contributed by atoms with Crippen molar-refractivity contribution in [1.82, 2.24) is 4.98 Å². The summed E-state index contributed by atoms with van der Waals surface area (Å²) in [5.41, 5.74) is 0.798. The Balaban J connectivity index is 2.39. The molecule has 1 unspecified atom stereocenters. The fourth-order valence-corrected chi connectivity index (χ4v) is 1.94. The van der Waals surface area contributed by atoms with Gasteiger partial charge in [0.25, 0.3) is 0 Å². The maximum atomic E-state index is 10.6. The Bertz CT molecular complexity index is 455. The molecule has 1 aromatic rings. The van der Waals surface area contributed by atoms with Gasteiger partial charge in [0, 0.05) is 22.3 Å². The predicted octanol–water partition coefficient (Wildman–Crippen LogP) is 0.0379. The fourth-order valence-electron chi connectivity index (χ4n) is 1.94. The smallest absolute Gasteiger partial charge is 0.152 e. The molecule has 0 radical (unpaired) electrons. The monoisotopic (exact) mass is 159 g/mol. The molecular weight excluding hydrogens is 150 g/mol. The molecule has 60 valence electrons. The molecule has 1 saturated carbocycles. The highest BCUT2D eigenvalue weighted by Crippen LogP contribution is 2.41. The van der Waals surface area contributed by atoms with Gasteiger partial charge in [-0.2, -0.15) is 0 Å². The van der Waals surface area contributed by atoms with Crippen LogP contribution < -0.4 is 10.6 Å². The van der Waals surface area contributed by atoms with Crippen molar-refractivity contribution in [3.8, 4) is 0 Å². The van der Waals surface area contributed by atoms with Crippen molar-refractivity contribution in [3.05, 3.63) is 22.3 Å². The Hall–Kier alpha value is -1.31. The second kappa shape index (κ2) is 1.89. The van der Waals surface area contributed by atoms with E-state index in [2.05, 4.69) is 17.1 Å². The summed E-state index contributed by atoms with van der Waals surface area (Å²) in [4.78, 5) is 13.7. The zero-order valence-corrected chi connectivity index (χ0v) is 6.58. The lowest BCUT2D eigenvalue weighted by Crippen LogP contribution is -2.27. The van der Waals surface area contributed by atoms with Crippen molar-refractivity contribution >= 4 is 18.4 Å². The predicted molar refractivity (Wildman–Crippen MR) is 46.0 cm³/mol. The number of fused-ring (bicyclic) bond motifs is 2. The lowest BCUT2D eigenvalue weighted by Gasteiger charge is -1.92. The molecule has 1 N–H and O–H groups in total. The van der Waals surface area contributed by atoms with Crippen LogP contribution in [0.2, 0.25) is 0 Å². The molecule has 12 heavy (non-hydrogen) atoms. The first-order valence-electron chi connectivity index (χ1n) is 4.25. The average Bonchev–Trinajstić information content (AvgIpc) is 2.72. The lowest BCUT2D eigenvalue weighted by atomic mass is 10.1. The molecule has 2 nitrogen and oxygen atoms in total. The molecule has 3 rings (SSSR count). The molecule has 2 atom stereocenters. The van der Waals surface area contributed by atoms with E-state index in [-0.39, 0.29) is 0 Å². The van der Waals surface area contributed by atoms with E-state index in [1.54, 1.807) is 6.20 Å². The molecule has 2 aliphatic carbocycles. The Kier molecular flexibility index (Phi) is 0.980. The standard InChI is InChI=1S/C10H9NO/c12-5-8-4-11-10-3-7-1-6(7)2-9(8)10/h2-7,11H,1H2/t6-,7?/m0/s1. The highest BCUT2D eigenvalue weighted by atomic mass is 16.1. The molecule has 0 saturated heterocycles. The quantitative estimate of drug-likeness (QED) is 0.576. The molecular formula is C10H9NO.